The predicted molar refractivity (Wildman–Crippen MR) is 39.7 cm³/mol. The second-order valence-corrected chi connectivity index (χ2v) is 1.86. The molecule has 0 aliphatic heterocycles. The fraction of sp³-hybridized carbons (Fsp3) is 0.125. The van der Waals surface area contributed by atoms with Crippen molar-refractivity contribution in [2.24, 2.45) is 0 Å². The third kappa shape index (κ3) is 1.97. The van der Waals surface area contributed by atoms with Gasteiger partial charge in [-0.05, 0) is 12.1 Å². The first-order valence-corrected chi connectivity index (χ1v) is 3.05. The summed E-state index contributed by atoms with van der Waals surface area (Å²) in [6.07, 6.45) is -1.08. The summed E-state index contributed by atoms with van der Waals surface area (Å²) >= 11 is 0. The van der Waals surface area contributed by atoms with Crippen molar-refractivity contribution >= 4 is 6.45 Å². The Morgan fingerprint density at radius 2 is 2.27 bits per heavy atom. The van der Waals surface area contributed by atoms with Crippen LogP contribution in [-0.4, -0.2) is 13.6 Å². The number of hydrogen-bond donors (Lipinski definition) is 0. The Kier molecular flexibility index (Phi) is 2.04. The van der Waals surface area contributed by atoms with Crippen molar-refractivity contribution in [3.05, 3.63) is 24.3 Å². The third-order valence-electron chi connectivity index (χ3n) is 1.20. The molecule has 0 saturated carbocycles. The number of benzene rings is 1. The fourth-order valence-corrected chi connectivity index (χ4v) is 0.713. The van der Waals surface area contributed by atoms with Gasteiger partial charge in [0, 0.05) is 6.07 Å². The molecule has 0 spiro atoms. The lowest BCUT2D eigenvalue weighted by molar-refractivity contribution is -0.120. The summed E-state index contributed by atoms with van der Waals surface area (Å²) in [5, 5.41) is 0. The molecule has 0 N–H and O–H groups in total. The molecule has 0 aromatic heterocycles. The van der Waals surface area contributed by atoms with Gasteiger partial charge in [-0.1, -0.05) is 6.07 Å². The van der Waals surface area contributed by atoms with Crippen LogP contribution in [0.1, 0.15) is 1.37 Å². The van der Waals surface area contributed by atoms with E-state index in [-0.39, 0.29) is 0 Å². The number of rotatable bonds is 2. The first-order valence-electron chi connectivity index (χ1n) is 3.55. The molecule has 3 nitrogen and oxygen atoms in total. The number of carbonyl (C=O) groups is 1. The summed E-state index contributed by atoms with van der Waals surface area (Å²) in [6.45, 7) is 0. The average Bonchev–Trinajstić information content (AvgIpc) is 2.03. The van der Waals surface area contributed by atoms with Crippen molar-refractivity contribution in [2.75, 3.05) is 7.11 Å². The number of carbonyl (C=O) groups excluding carboxylic acids is 1. The minimum atomic E-state index is -1.08. The summed E-state index contributed by atoms with van der Waals surface area (Å²) in [4.78, 5) is 10.2. The van der Waals surface area contributed by atoms with Gasteiger partial charge in [0.2, 0.25) is 0 Å². The van der Waals surface area contributed by atoms with Gasteiger partial charge in [0.1, 0.15) is 11.5 Å². The highest BCUT2D eigenvalue weighted by Gasteiger charge is 1.93. The van der Waals surface area contributed by atoms with Crippen LogP contribution in [0.4, 0.5) is 0 Å². The first-order chi connectivity index (χ1) is 5.72. The maximum absolute atomic E-state index is 10.2. The Labute approximate surface area is 66.0 Å². The molecule has 3 heteroatoms. The molecule has 0 saturated heterocycles. The minimum absolute atomic E-state index is 0.314. The quantitative estimate of drug-likeness (QED) is 0.599. The lowest BCUT2D eigenvalue weighted by atomic mass is 10.3. The van der Waals surface area contributed by atoms with Gasteiger partial charge in [0.15, 0.2) is 1.37 Å². The molecule has 0 radical (unpaired) electrons. The van der Waals surface area contributed by atoms with E-state index in [9.17, 15) is 4.79 Å². The lowest BCUT2D eigenvalue weighted by Gasteiger charge is -2.00. The molecule has 1 aromatic rings. The zero-order chi connectivity index (χ0) is 8.97. The topological polar surface area (TPSA) is 35.5 Å². The van der Waals surface area contributed by atoms with E-state index in [1.54, 1.807) is 18.2 Å². The SMILES string of the molecule is [2H]C(=O)Oc1cccc(OC)c1. The van der Waals surface area contributed by atoms with Gasteiger partial charge in [-0.15, -0.1) is 0 Å². The van der Waals surface area contributed by atoms with Crippen LogP contribution in [0.25, 0.3) is 0 Å². The highest BCUT2D eigenvalue weighted by Crippen LogP contribution is 2.17. The van der Waals surface area contributed by atoms with Gasteiger partial charge in [-0.25, -0.2) is 0 Å². The number of hydrogen-bond acceptors (Lipinski definition) is 3. The van der Waals surface area contributed by atoms with E-state index in [0.29, 0.717) is 11.5 Å². The first kappa shape index (κ1) is 6.22. The molecular formula is C8H8O3. The van der Waals surface area contributed by atoms with Gasteiger partial charge in [-0.3, -0.25) is 4.79 Å². The van der Waals surface area contributed by atoms with Crippen molar-refractivity contribution < 1.29 is 15.6 Å². The largest absolute Gasteiger partial charge is 0.497 e. The molecule has 1 rings (SSSR count). The van der Waals surface area contributed by atoms with Gasteiger partial charge in [0.05, 0.1) is 7.11 Å². The highest BCUT2D eigenvalue weighted by molar-refractivity contribution is 5.46. The molecule has 1 aromatic carbocycles. The number of ether oxygens (including phenoxy) is 2. The highest BCUT2D eigenvalue weighted by atomic mass is 16.5. The van der Waals surface area contributed by atoms with Crippen molar-refractivity contribution in [1.82, 2.24) is 0 Å². The van der Waals surface area contributed by atoms with Crippen LogP contribution in [0, 0.1) is 0 Å². The molecular weight excluding hydrogens is 144 g/mol. The van der Waals surface area contributed by atoms with Crippen molar-refractivity contribution in [3.63, 3.8) is 0 Å². The minimum Gasteiger partial charge on any atom is -0.497 e. The van der Waals surface area contributed by atoms with E-state index >= 15 is 0 Å². The van der Waals surface area contributed by atoms with E-state index in [1.165, 1.54) is 13.2 Å². The van der Waals surface area contributed by atoms with Crippen LogP contribution < -0.4 is 9.47 Å². The summed E-state index contributed by atoms with van der Waals surface area (Å²) in [6, 6.07) is 6.51. The van der Waals surface area contributed by atoms with Crippen LogP contribution in [0.2, 0.25) is 0 Å². The lowest BCUT2D eigenvalue weighted by Crippen LogP contribution is -1.89. The van der Waals surface area contributed by atoms with E-state index in [2.05, 4.69) is 4.74 Å². The molecule has 0 atom stereocenters. The van der Waals surface area contributed by atoms with E-state index in [1.807, 2.05) is 0 Å². The number of methoxy groups -OCH3 is 1. The Balaban J connectivity index is 2.79. The van der Waals surface area contributed by atoms with Gasteiger partial charge >= 0.3 is 0 Å². The molecule has 58 valence electrons. The average molecular weight is 153 g/mol. The Hall–Kier alpha value is -1.51. The molecule has 0 unspecified atom stereocenters. The maximum Gasteiger partial charge on any atom is 0.298 e. The van der Waals surface area contributed by atoms with E-state index in [0.717, 1.165) is 0 Å². The summed E-state index contributed by atoms with van der Waals surface area (Å²) in [7, 11) is 1.52. The second-order valence-electron chi connectivity index (χ2n) is 1.86. The molecule has 0 heterocycles. The van der Waals surface area contributed by atoms with Crippen LogP contribution in [0.5, 0.6) is 11.5 Å². The van der Waals surface area contributed by atoms with Crippen molar-refractivity contribution in [3.8, 4) is 11.5 Å². The monoisotopic (exact) mass is 153 g/mol. The van der Waals surface area contributed by atoms with Crippen molar-refractivity contribution in [1.29, 1.82) is 0 Å². The Morgan fingerprint density at radius 3 is 2.91 bits per heavy atom. The Bertz CT molecular complexity index is 285. The van der Waals surface area contributed by atoms with Gasteiger partial charge < -0.3 is 9.47 Å². The van der Waals surface area contributed by atoms with E-state index < -0.39 is 6.45 Å². The molecule has 0 amide bonds. The maximum atomic E-state index is 10.2. The Morgan fingerprint density at radius 1 is 1.55 bits per heavy atom. The zero-order valence-electron chi connectivity index (χ0n) is 7.03. The fourth-order valence-electron chi connectivity index (χ4n) is 0.713. The van der Waals surface area contributed by atoms with E-state index in [4.69, 9.17) is 6.11 Å². The summed E-state index contributed by atoms with van der Waals surface area (Å²) in [5.41, 5.74) is 0. The summed E-state index contributed by atoms with van der Waals surface area (Å²) < 4.78 is 15.9. The summed E-state index contributed by atoms with van der Waals surface area (Å²) in [5.74, 6) is 0.906. The van der Waals surface area contributed by atoms with Crippen LogP contribution in [0.3, 0.4) is 0 Å². The second kappa shape index (κ2) is 3.61. The van der Waals surface area contributed by atoms with Crippen LogP contribution in [0.15, 0.2) is 24.3 Å². The van der Waals surface area contributed by atoms with Crippen LogP contribution >= 0.6 is 0 Å². The third-order valence-corrected chi connectivity index (χ3v) is 1.20. The molecule has 0 bridgehead atoms. The molecule has 0 aliphatic carbocycles. The van der Waals surface area contributed by atoms with Gasteiger partial charge in [0.25, 0.3) is 6.45 Å². The normalized spacial score (nSPS) is 10.1. The molecule has 0 aliphatic rings. The van der Waals surface area contributed by atoms with Crippen LogP contribution in [-0.2, 0) is 4.79 Å². The molecule has 0 fully saturated rings. The van der Waals surface area contributed by atoms with Crippen molar-refractivity contribution in [2.45, 2.75) is 0 Å². The van der Waals surface area contributed by atoms with Gasteiger partial charge in [-0.2, -0.15) is 0 Å². The zero-order valence-corrected chi connectivity index (χ0v) is 6.03. The smallest absolute Gasteiger partial charge is 0.298 e. The predicted octanol–water partition coefficient (Wildman–Crippen LogP) is 1.23. The standard InChI is InChI=1S/C8H8O3/c1-10-7-3-2-4-8(5-7)11-6-9/h2-6H,1H3/i6D. The molecule has 11 heavy (non-hydrogen) atoms.